The van der Waals surface area contributed by atoms with Crippen molar-refractivity contribution < 1.29 is 80.2 Å². The first-order valence-electron chi connectivity index (χ1n) is 39.0. The van der Waals surface area contributed by atoms with Gasteiger partial charge in [-0.05, 0) is 154 Å². The minimum absolute atomic E-state index is 0.00425. The molecule has 0 heterocycles. The largest absolute Gasteiger partial charge is 0.472 e. The lowest BCUT2D eigenvalue weighted by Crippen LogP contribution is -2.30. The van der Waals surface area contributed by atoms with Gasteiger partial charge in [-0.25, -0.2) is 9.13 Å². The average molecular weight is 1490 g/mol. The first-order valence-corrected chi connectivity index (χ1v) is 42.0. The highest BCUT2D eigenvalue weighted by Gasteiger charge is 2.30. The number of aliphatic hydroxyl groups excluding tert-OH is 1. The second kappa shape index (κ2) is 75.4. The van der Waals surface area contributed by atoms with Crippen molar-refractivity contribution in [1.82, 2.24) is 0 Å². The molecule has 0 aliphatic rings. The highest BCUT2D eigenvalue weighted by molar-refractivity contribution is 7.47. The fraction of sp³-hybridized carbons (Fsp3) is 0.600. The first kappa shape index (κ1) is 98.2. The molecule has 0 saturated carbocycles. The van der Waals surface area contributed by atoms with E-state index >= 15 is 0 Å². The molecular weight excluding hydrogens is 1350 g/mol. The molecule has 0 bridgehead atoms. The maximum atomic E-state index is 13.1. The van der Waals surface area contributed by atoms with Gasteiger partial charge in [0.2, 0.25) is 0 Å². The summed E-state index contributed by atoms with van der Waals surface area (Å²) in [5.41, 5.74) is 0. The summed E-state index contributed by atoms with van der Waals surface area (Å²) in [4.78, 5) is 72.9. The second-order valence-electron chi connectivity index (χ2n) is 25.2. The predicted octanol–water partition coefficient (Wildman–Crippen LogP) is 22.8. The molecule has 17 nitrogen and oxygen atoms in total. The standard InChI is InChI=1S/C85H136O17P2/c1-5-9-13-17-21-25-29-33-36-38-39-41-43-47-50-54-58-62-66-70-83(88)96-76-81(102-85(90)72-68-64-60-56-52-48-44-40-37-34-30-26-22-18-14-10-6-2)78-100-104(93,94)98-74-79(86)73-97-103(91,92)99-77-80(101-84(89)71-67-63-59-55-51-45-32-28-24-20-16-12-8-4)75-95-82(87)69-65-61-57-53-49-46-42-35-31-27-23-19-15-11-7-3/h10-11,14-16,20-23,25-28,32-37,39,41-42,44,48-49,53,56,60-61,65,79-81,86H,5-9,12-13,17-19,24,29-31,38,40,43,45-47,50-52,54-55,57-59,62-64,66-78H2,1-4H3,(H,91,92)(H,93,94)/b14-10-,15-11-,20-16-,25-21-,26-22-,27-23-,32-28-,36-33-,37-34-,41-39-,42-35-,48-44-,53-49-,60-56-,65-61-. The van der Waals surface area contributed by atoms with E-state index in [2.05, 4.69) is 174 Å². The van der Waals surface area contributed by atoms with Gasteiger partial charge < -0.3 is 33.8 Å². The number of esters is 4. The molecule has 19 heteroatoms. The van der Waals surface area contributed by atoms with Crippen LogP contribution in [0.5, 0.6) is 0 Å². The number of rotatable bonds is 71. The zero-order chi connectivity index (χ0) is 76.0. The minimum atomic E-state index is -5.01. The van der Waals surface area contributed by atoms with Crippen molar-refractivity contribution in [2.75, 3.05) is 39.6 Å². The first-order chi connectivity index (χ1) is 50.7. The van der Waals surface area contributed by atoms with Crippen LogP contribution < -0.4 is 0 Å². The monoisotopic (exact) mass is 1490 g/mol. The Bertz CT molecular complexity index is 2690. The van der Waals surface area contributed by atoms with Crippen molar-refractivity contribution in [3.63, 3.8) is 0 Å². The molecule has 0 rings (SSSR count). The van der Waals surface area contributed by atoms with Gasteiger partial charge in [0.15, 0.2) is 12.2 Å². The molecule has 0 aromatic heterocycles. The van der Waals surface area contributed by atoms with Crippen LogP contribution in [0.25, 0.3) is 0 Å². The topological polar surface area (TPSA) is 237 Å². The van der Waals surface area contributed by atoms with Crippen molar-refractivity contribution in [2.24, 2.45) is 0 Å². The Labute approximate surface area is 628 Å². The summed E-state index contributed by atoms with van der Waals surface area (Å²) in [6.07, 6.45) is 90.6. The van der Waals surface area contributed by atoms with Crippen LogP contribution in [0, 0.1) is 0 Å². The lowest BCUT2D eigenvalue weighted by Gasteiger charge is -2.21. The number of unbranched alkanes of at least 4 members (excludes halogenated alkanes) is 16. The van der Waals surface area contributed by atoms with Gasteiger partial charge in [0, 0.05) is 19.3 Å². The summed E-state index contributed by atoms with van der Waals surface area (Å²) in [6.45, 7) is 4.31. The van der Waals surface area contributed by atoms with Crippen LogP contribution in [0.4, 0.5) is 0 Å². The van der Waals surface area contributed by atoms with E-state index in [1.807, 2.05) is 30.4 Å². The van der Waals surface area contributed by atoms with Gasteiger partial charge in [0.1, 0.15) is 19.3 Å². The number of ether oxygens (including phenoxy) is 4. The van der Waals surface area contributed by atoms with Gasteiger partial charge in [-0.2, -0.15) is 0 Å². The van der Waals surface area contributed by atoms with Gasteiger partial charge in [0.25, 0.3) is 0 Å². The minimum Gasteiger partial charge on any atom is -0.462 e. The van der Waals surface area contributed by atoms with Gasteiger partial charge in [-0.1, -0.05) is 274 Å². The van der Waals surface area contributed by atoms with Gasteiger partial charge in [-0.3, -0.25) is 37.3 Å². The average Bonchev–Trinajstić information content (AvgIpc) is 0.917. The summed E-state index contributed by atoms with van der Waals surface area (Å²) in [5.74, 6) is -2.44. The molecule has 0 aliphatic heterocycles. The van der Waals surface area contributed by atoms with E-state index in [0.717, 1.165) is 167 Å². The molecule has 5 unspecified atom stereocenters. The number of aliphatic hydroxyl groups is 1. The zero-order valence-electron chi connectivity index (χ0n) is 64.1. The van der Waals surface area contributed by atoms with E-state index < -0.39 is 97.5 Å². The second-order valence-corrected chi connectivity index (χ2v) is 28.1. The Balaban J connectivity index is 5.51. The van der Waals surface area contributed by atoms with E-state index in [-0.39, 0.29) is 25.7 Å². The van der Waals surface area contributed by atoms with E-state index in [4.69, 9.17) is 37.0 Å². The smallest absolute Gasteiger partial charge is 0.462 e. The summed E-state index contributed by atoms with van der Waals surface area (Å²) < 4.78 is 68.3. The van der Waals surface area contributed by atoms with Crippen LogP contribution >= 0.6 is 15.6 Å². The van der Waals surface area contributed by atoms with E-state index in [9.17, 15) is 43.2 Å². The maximum Gasteiger partial charge on any atom is 0.472 e. The predicted molar refractivity (Wildman–Crippen MR) is 426 cm³/mol. The third-order valence-electron chi connectivity index (χ3n) is 15.3. The Morgan fingerprint density at radius 2 is 0.567 bits per heavy atom. The summed E-state index contributed by atoms with van der Waals surface area (Å²) in [7, 11) is -10.0. The molecule has 0 spiro atoms. The fourth-order valence-electron chi connectivity index (χ4n) is 9.49. The van der Waals surface area contributed by atoms with E-state index in [1.54, 1.807) is 6.08 Å². The van der Waals surface area contributed by atoms with Crippen molar-refractivity contribution in [2.45, 2.75) is 290 Å². The molecule has 0 aromatic carbocycles. The maximum absolute atomic E-state index is 13.1. The van der Waals surface area contributed by atoms with Crippen molar-refractivity contribution >= 4 is 39.5 Å². The van der Waals surface area contributed by atoms with Gasteiger partial charge >= 0.3 is 39.5 Å². The number of carbonyl (C=O) groups excluding carboxylic acids is 4. The fourth-order valence-corrected chi connectivity index (χ4v) is 11.1. The quantitative estimate of drug-likeness (QED) is 0.0169. The lowest BCUT2D eigenvalue weighted by molar-refractivity contribution is -0.161. The van der Waals surface area contributed by atoms with Gasteiger partial charge in [-0.15, -0.1) is 0 Å². The summed E-state index contributed by atoms with van der Waals surface area (Å²) >= 11 is 0. The molecule has 104 heavy (non-hydrogen) atoms. The van der Waals surface area contributed by atoms with Crippen LogP contribution in [-0.2, 0) is 65.4 Å². The Morgan fingerprint density at radius 1 is 0.288 bits per heavy atom. The Hall–Kier alpha value is -5.84. The molecule has 0 aliphatic carbocycles. The van der Waals surface area contributed by atoms with E-state index in [0.29, 0.717) is 32.1 Å². The van der Waals surface area contributed by atoms with Crippen LogP contribution in [0.2, 0.25) is 0 Å². The van der Waals surface area contributed by atoms with Crippen LogP contribution in [-0.4, -0.2) is 96.7 Å². The zero-order valence-corrected chi connectivity index (χ0v) is 65.9. The number of allylic oxidation sites excluding steroid dienone is 29. The normalized spacial score (nSPS) is 14.9. The Kier molecular flexibility index (Phi) is 71.2. The number of hydrogen-bond donors (Lipinski definition) is 3. The third-order valence-corrected chi connectivity index (χ3v) is 17.2. The third kappa shape index (κ3) is 74.4. The van der Waals surface area contributed by atoms with Crippen molar-refractivity contribution in [1.29, 1.82) is 0 Å². The van der Waals surface area contributed by atoms with Crippen LogP contribution in [0.3, 0.4) is 0 Å². The molecule has 0 radical (unpaired) electrons. The van der Waals surface area contributed by atoms with Crippen LogP contribution in [0.1, 0.15) is 272 Å². The SMILES string of the molecule is CC/C=C\C/C=C\C/C=C\C/C=C\C/C=C\CCCC(=O)OC(COC(=O)CCCCCCCC/C=C\C/C=C\C/C=C\CCCCC)COP(=O)(O)OCC(O)COP(=O)(O)OCC(COC(=O)C/C=C\C/C=C\C/C=C\C/C=C\C/C=C\CC)OC(=O)CCCCCCC/C=C\C/C=C\CCC. The van der Waals surface area contributed by atoms with Crippen molar-refractivity contribution in [3.05, 3.63) is 182 Å². The highest BCUT2D eigenvalue weighted by Crippen LogP contribution is 2.45. The molecule has 0 fully saturated rings. The van der Waals surface area contributed by atoms with E-state index in [1.165, 1.54) is 19.3 Å². The number of phosphoric ester groups is 2. The lowest BCUT2D eigenvalue weighted by atomic mass is 10.1. The molecule has 0 saturated heterocycles. The summed E-state index contributed by atoms with van der Waals surface area (Å²) in [5, 5.41) is 10.6. The summed E-state index contributed by atoms with van der Waals surface area (Å²) in [6, 6.07) is 0. The van der Waals surface area contributed by atoms with Crippen LogP contribution in [0.15, 0.2) is 182 Å². The Morgan fingerprint density at radius 3 is 0.933 bits per heavy atom. The molecule has 588 valence electrons. The molecule has 5 atom stereocenters. The number of carbonyl (C=O) groups is 4. The molecule has 3 N–H and O–H groups in total. The molecule has 0 amide bonds. The number of phosphoric acid groups is 2. The molecule has 0 aromatic rings. The number of hydrogen-bond acceptors (Lipinski definition) is 15. The highest BCUT2D eigenvalue weighted by atomic mass is 31.2. The van der Waals surface area contributed by atoms with Gasteiger partial charge in [0.05, 0.1) is 32.8 Å². The molecular formula is C85H136O17P2. The van der Waals surface area contributed by atoms with Crippen molar-refractivity contribution in [3.8, 4) is 0 Å².